The first-order valence-corrected chi connectivity index (χ1v) is 8.09. The smallest absolute Gasteiger partial charge is 0.241 e. The van der Waals surface area contributed by atoms with Crippen molar-refractivity contribution in [3.63, 3.8) is 0 Å². The molecule has 0 aliphatic heterocycles. The number of sulfonamides is 1. The van der Waals surface area contributed by atoms with Gasteiger partial charge in [-0.2, -0.15) is 0 Å². The Morgan fingerprint density at radius 1 is 1.43 bits per heavy atom. The molecule has 0 saturated carbocycles. The molecule has 7 heteroatoms. The second kappa shape index (κ2) is 6.38. The van der Waals surface area contributed by atoms with Gasteiger partial charge in [-0.1, -0.05) is 12.1 Å². The molecule has 0 radical (unpaired) electrons. The Morgan fingerprint density at radius 3 is 2.81 bits per heavy atom. The first kappa shape index (κ1) is 15.7. The van der Waals surface area contributed by atoms with Gasteiger partial charge in [-0.15, -0.1) is 0 Å². The summed E-state index contributed by atoms with van der Waals surface area (Å²) in [5, 5.41) is 9.15. The maximum Gasteiger partial charge on any atom is 0.241 e. The van der Waals surface area contributed by atoms with Crippen molar-refractivity contribution in [2.75, 3.05) is 0 Å². The van der Waals surface area contributed by atoms with Gasteiger partial charge in [-0.3, -0.25) is 0 Å². The van der Waals surface area contributed by atoms with Crippen LogP contribution in [0.5, 0.6) is 0 Å². The highest BCUT2D eigenvalue weighted by atomic mass is 32.2. The highest BCUT2D eigenvalue weighted by Gasteiger charge is 2.20. The first-order chi connectivity index (χ1) is 9.92. The van der Waals surface area contributed by atoms with E-state index in [2.05, 4.69) is 9.71 Å². The summed E-state index contributed by atoms with van der Waals surface area (Å²) in [6.07, 6.45) is 5.07. The van der Waals surface area contributed by atoms with Crippen LogP contribution in [-0.2, 0) is 23.2 Å². The number of aromatic nitrogens is 2. The third-order valence-corrected chi connectivity index (χ3v) is 4.86. The van der Waals surface area contributed by atoms with Crippen molar-refractivity contribution in [1.82, 2.24) is 14.3 Å². The van der Waals surface area contributed by atoms with Crippen molar-refractivity contribution in [3.05, 3.63) is 48.0 Å². The third kappa shape index (κ3) is 3.90. The van der Waals surface area contributed by atoms with E-state index in [0.717, 1.165) is 0 Å². The van der Waals surface area contributed by atoms with E-state index >= 15 is 0 Å². The van der Waals surface area contributed by atoms with Gasteiger partial charge >= 0.3 is 0 Å². The van der Waals surface area contributed by atoms with E-state index in [9.17, 15) is 8.42 Å². The topological polar surface area (TPSA) is 84.2 Å². The van der Waals surface area contributed by atoms with Crippen LogP contribution in [0.4, 0.5) is 0 Å². The van der Waals surface area contributed by atoms with E-state index in [1.165, 1.54) is 6.07 Å². The van der Waals surface area contributed by atoms with E-state index in [0.29, 0.717) is 17.7 Å². The molecule has 1 unspecified atom stereocenters. The molecular formula is C14H19N3O3S. The molecule has 21 heavy (non-hydrogen) atoms. The molecule has 0 aliphatic rings. The standard InChI is InChI=1S/C14H19N3O3S/c1-11-3-4-13(9-18)7-14(11)21(19,20)16-12(2)8-17-6-5-15-10-17/h3-7,10,12,16,18H,8-9H2,1-2H3. The Labute approximate surface area is 124 Å². The van der Waals surface area contributed by atoms with Crippen molar-refractivity contribution >= 4 is 10.0 Å². The molecule has 0 amide bonds. The largest absolute Gasteiger partial charge is 0.392 e. The second-order valence-corrected chi connectivity index (χ2v) is 6.72. The number of hydrogen-bond donors (Lipinski definition) is 2. The van der Waals surface area contributed by atoms with E-state index in [1.807, 2.05) is 4.57 Å². The van der Waals surface area contributed by atoms with Gasteiger partial charge in [0.2, 0.25) is 10.0 Å². The Morgan fingerprint density at radius 2 is 2.19 bits per heavy atom. The summed E-state index contributed by atoms with van der Waals surface area (Å²) in [6, 6.07) is 4.63. The maximum absolute atomic E-state index is 12.4. The number of nitrogens with zero attached hydrogens (tertiary/aromatic N) is 2. The number of aliphatic hydroxyl groups excluding tert-OH is 1. The zero-order valence-corrected chi connectivity index (χ0v) is 12.8. The highest BCUT2D eigenvalue weighted by Crippen LogP contribution is 2.17. The molecule has 1 aromatic carbocycles. The average molecular weight is 309 g/mol. The van der Waals surface area contributed by atoms with E-state index in [-0.39, 0.29) is 17.5 Å². The van der Waals surface area contributed by atoms with Crippen molar-refractivity contribution in [2.45, 2.75) is 37.9 Å². The van der Waals surface area contributed by atoms with Crippen molar-refractivity contribution in [2.24, 2.45) is 0 Å². The van der Waals surface area contributed by atoms with Crippen molar-refractivity contribution in [3.8, 4) is 0 Å². The van der Waals surface area contributed by atoms with Gasteiger partial charge < -0.3 is 9.67 Å². The van der Waals surface area contributed by atoms with E-state index in [1.54, 1.807) is 44.7 Å². The first-order valence-electron chi connectivity index (χ1n) is 6.61. The van der Waals surface area contributed by atoms with Crippen LogP contribution in [-0.4, -0.2) is 29.1 Å². The zero-order valence-electron chi connectivity index (χ0n) is 12.0. The van der Waals surface area contributed by atoms with Crippen LogP contribution in [0.2, 0.25) is 0 Å². The Bertz CT molecular complexity index is 696. The Balaban J connectivity index is 2.18. The van der Waals surface area contributed by atoms with Gasteiger partial charge in [0.1, 0.15) is 0 Å². The van der Waals surface area contributed by atoms with Gasteiger partial charge in [0.05, 0.1) is 17.8 Å². The minimum atomic E-state index is -3.62. The fourth-order valence-corrected chi connectivity index (χ4v) is 3.64. The molecule has 114 valence electrons. The van der Waals surface area contributed by atoms with Crippen molar-refractivity contribution < 1.29 is 13.5 Å². The van der Waals surface area contributed by atoms with Crippen LogP contribution in [0, 0.1) is 6.92 Å². The molecule has 1 aromatic heterocycles. The highest BCUT2D eigenvalue weighted by molar-refractivity contribution is 7.89. The van der Waals surface area contributed by atoms with Crippen LogP contribution in [0.15, 0.2) is 41.8 Å². The number of rotatable bonds is 6. The Kier molecular flexibility index (Phi) is 4.76. The lowest BCUT2D eigenvalue weighted by molar-refractivity contribution is 0.281. The quantitative estimate of drug-likeness (QED) is 0.835. The lowest BCUT2D eigenvalue weighted by Gasteiger charge is -2.16. The normalized spacial score (nSPS) is 13.3. The monoisotopic (exact) mass is 309 g/mol. The average Bonchev–Trinajstić information content (AvgIpc) is 2.91. The van der Waals surface area contributed by atoms with Crippen LogP contribution < -0.4 is 4.72 Å². The predicted octanol–water partition coefficient (Wildman–Crippen LogP) is 1.05. The number of benzene rings is 1. The number of aliphatic hydroxyl groups is 1. The third-order valence-electron chi connectivity index (χ3n) is 3.12. The maximum atomic E-state index is 12.4. The number of aryl methyl sites for hydroxylation is 1. The fourth-order valence-electron chi connectivity index (χ4n) is 2.11. The molecule has 0 bridgehead atoms. The SMILES string of the molecule is Cc1ccc(CO)cc1S(=O)(=O)NC(C)Cn1ccnc1. The summed E-state index contributed by atoms with van der Waals surface area (Å²) >= 11 is 0. The van der Waals surface area contributed by atoms with E-state index in [4.69, 9.17) is 5.11 Å². The van der Waals surface area contributed by atoms with Crippen LogP contribution >= 0.6 is 0 Å². The number of nitrogens with one attached hydrogen (secondary N) is 1. The zero-order chi connectivity index (χ0) is 15.5. The lowest BCUT2D eigenvalue weighted by Crippen LogP contribution is -2.35. The van der Waals surface area contributed by atoms with Gasteiger partial charge in [0.15, 0.2) is 0 Å². The summed E-state index contributed by atoms with van der Waals surface area (Å²) in [7, 11) is -3.62. The summed E-state index contributed by atoms with van der Waals surface area (Å²) < 4.78 is 29.3. The van der Waals surface area contributed by atoms with Crippen LogP contribution in [0.25, 0.3) is 0 Å². The fraction of sp³-hybridized carbons (Fsp3) is 0.357. The molecule has 1 atom stereocenters. The van der Waals surface area contributed by atoms with Gasteiger partial charge in [0.25, 0.3) is 0 Å². The summed E-state index contributed by atoms with van der Waals surface area (Å²) in [6.45, 7) is 3.84. The molecular weight excluding hydrogens is 290 g/mol. The molecule has 2 aromatic rings. The van der Waals surface area contributed by atoms with Gasteiger partial charge in [-0.05, 0) is 31.0 Å². The molecule has 0 saturated heterocycles. The van der Waals surface area contributed by atoms with Gasteiger partial charge in [0, 0.05) is 25.0 Å². The number of imidazole rings is 1. The van der Waals surface area contributed by atoms with Gasteiger partial charge in [-0.25, -0.2) is 18.1 Å². The molecule has 6 nitrogen and oxygen atoms in total. The van der Waals surface area contributed by atoms with Crippen molar-refractivity contribution in [1.29, 1.82) is 0 Å². The molecule has 0 fully saturated rings. The predicted molar refractivity (Wildman–Crippen MR) is 79.1 cm³/mol. The molecule has 1 heterocycles. The lowest BCUT2D eigenvalue weighted by atomic mass is 10.2. The van der Waals surface area contributed by atoms with Crippen LogP contribution in [0.1, 0.15) is 18.1 Å². The summed E-state index contributed by atoms with van der Waals surface area (Å²) in [5.41, 5.74) is 1.22. The Hall–Kier alpha value is -1.70. The number of hydrogen-bond acceptors (Lipinski definition) is 4. The molecule has 0 spiro atoms. The van der Waals surface area contributed by atoms with Crippen LogP contribution in [0.3, 0.4) is 0 Å². The minimum absolute atomic E-state index is 0.187. The minimum Gasteiger partial charge on any atom is -0.392 e. The summed E-state index contributed by atoms with van der Waals surface area (Å²) in [4.78, 5) is 4.13. The molecule has 0 aliphatic carbocycles. The molecule has 2 N–H and O–H groups in total. The van der Waals surface area contributed by atoms with E-state index < -0.39 is 10.0 Å². The molecule has 2 rings (SSSR count). The summed E-state index contributed by atoms with van der Waals surface area (Å²) in [5.74, 6) is 0. The second-order valence-electron chi connectivity index (χ2n) is 5.04.